The van der Waals surface area contributed by atoms with Crippen LogP contribution in [0.3, 0.4) is 0 Å². The van der Waals surface area contributed by atoms with Crippen molar-refractivity contribution in [3.63, 3.8) is 0 Å². The Morgan fingerprint density at radius 3 is 2.74 bits per heavy atom. The lowest BCUT2D eigenvalue weighted by Crippen LogP contribution is -2.40. The Labute approximate surface area is 205 Å². The number of nitrogens with zero attached hydrogens (tertiary/aromatic N) is 2. The third-order valence-corrected chi connectivity index (χ3v) is 8.25. The number of amides is 1. The van der Waals surface area contributed by atoms with E-state index in [4.69, 9.17) is 4.98 Å². The molecule has 0 radical (unpaired) electrons. The third-order valence-electron chi connectivity index (χ3n) is 7.38. The van der Waals surface area contributed by atoms with Gasteiger partial charge in [0.05, 0.1) is 17.5 Å². The first-order valence-corrected chi connectivity index (χ1v) is 13.3. The molecule has 4 atom stereocenters. The Hall–Kier alpha value is -2.67. The maximum absolute atomic E-state index is 13.1. The maximum atomic E-state index is 13.1. The quantitative estimate of drug-likeness (QED) is 0.389. The standard InChI is InChI=1S/C27H35N3O3S/c1-4-17(2)21(16-26(31)32)29-27(33)19-11-12-24-22(14-19)28-25(15-20-9-7-13-34-20)30(24)23-10-6-5-8-18(23)3/h7,9,11-14,17-18,21,23H,4-6,8,10,15-16H2,1-3H3,(H,29,33)(H,31,32)/t17-,18+,21+,23?/m0/s1. The average molecular weight is 482 g/mol. The van der Waals surface area contributed by atoms with Crippen molar-refractivity contribution in [3.05, 3.63) is 52.0 Å². The molecule has 3 aromatic rings. The average Bonchev–Trinajstić information content (AvgIpc) is 3.45. The number of aromatic nitrogens is 2. The smallest absolute Gasteiger partial charge is 0.305 e. The first-order chi connectivity index (χ1) is 16.4. The summed E-state index contributed by atoms with van der Waals surface area (Å²) in [6.45, 7) is 6.32. The highest BCUT2D eigenvalue weighted by molar-refractivity contribution is 7.09. The number of imidazole rings is 1. The van der Waals surface area contributed by atoms with Crippen molar-refractivity contribution in [3.8, 4) is 0 Å². The molecule has 1 fully saturated rings. The third kappa shape index (κ3) is 5.35. The highest BCUT2D eigenvalue weighted by atomic mass is 32.1. The minimum atomic E-state index is -0.903. The molecule has 1 unspecified atom stereocenters. The lowest BCUT2D eigenvalue weighted by atomic mass is 9.85. The Balaban J connectivity index is 1.67. The van der Waals surface area contributed by atoms with Gasteiger partial charge in [0, 0.05) is 28.9 Å². The number of carboxylic acids is 1. The first-order valence-electron chi connectivity index (χ1n) is 12.4. The highest BCUT2D eigenvalue weighted by Gasteiger charge is 2.28. The number of carboxylic acid groups (broad SMARTS) is 1. The number of nitrogens with one attached hydrogen (secondary N) is 1. The van der Waals surface area contributed by atoms with E-state index >= 15 is 0 Å². The molecule has 7 heteroatoms. The van der Waals surface area contributed by atoms with E-state index in [1.54, 1.807) is 11.3 Å². The molecule has 1 saturated carbocycles. The lowest BCUT2D eigenvalue weighted by molar-refractivity contribution is -0.137. The SMILES string of the molecule is CC[C@H](C)[C@@H](CC(=O)O)NC(=O)c1ccc2c(c1)nc(Cc1cccs1)n2C1CCCC[C@H]1C. The van der Waals surface area contributed by atoms with Crippen molar-refractivity contribution in [1.29, 1.82) is 0 Å². The molecule has 1 aliphatic rings. The van der Waals surface area contributed by atoms with E-state index in [0.717, 1.165) is 36.1 Å². The van der Waals surface area contributed by atoms with Gasteiger partial charge in [-0.1, -0.05) is 46.1 Å². The molecule has 0 saturated heterocycles. The van der Waals surface area contributed by atoms with Crippen LogP contribution in [0.2, 0.25) is 0 Å². The number of rotatable bonds is 9. The van der Waals surface area contributed by atoms with Crippen LogP contribution >= 0.6 is 11.3 Å². The molecule has 182 valence electrons. The van der Waals surface area contributed by atoms with Gasteiger partial charge in [0.15, 0.2) is 0 Å². The fourth-order valence-corrected chi connectivity index (χ4v) is 5.85. The number of aliphatic carboxylic acids is 1. The van der Waals surface area contributed by atoms with Crippen LogP contribution in [0, 0.1) is 11.8 Å². The normalized spacial score (nSPS) is 20.2. The van der Waals surface area contributed by atoms with Crippen molar-refractivity contribution in [2.75, 3.05) is 0 Å². The predicted octanol–water partition coefficient (Wildman–Crippen LogP) is 6.06. The largest absolute Gasteiger partial charge is 0.481 e. The fraction of sp³-hybridized carbons (Fsp3) is 0.519. The summed E-state index contributed by atoms with van der Waals surface area (Å²) in [5.74, 6) is 0.572. The minimum absolute atomic E-state index is 0.0770. The molecule has 0 aliphatic heterocycles. The molecular formula is C27H35N3O3S. The van der Waals surface area contributed by atoms with Crippen LogP contribution in [0.15, 0.2) is 35.7 Å². The van der Waals surface area contributed by atoms with Gasteiger partial charge in [-0.15, -0.1) is 11.3 Å². The lowest BCUT2D eigenvalue weighted by Gasteiger charge is -2.31. The summed E-state index contributed by atoms with van der Waals surface area (Å²) in [4.78, 5) is 30.7. The molecule has 0 spiro atoms. The highest BCUT2D eigenvalue weighted by Crippen LogP contribution is 2.37. The number of benzene rings is 1. The van der Waals surface area contributed by atoms with Gasteiger partial charge in [-0.05, 0) is 54.3 Å². The second kappa shape index (κ2) is 10.7. The van der Waals surface area contributed by atoms with Crippen molar-refractivity contribution < 1.29 is 14.7 Å². The molecule has 2 heterocycles. The van der Waals surface area contributed by atoms with E-state index in [1.165, 1.54) is 24.1 Å². The zero-order chi connectivity index (χ0) is 24.2. The summed E-state index contributed by atoms with van der Waals surface area (Å²) >= 11 is 1.74. The van der Waals surface area contributed by atoms with Crippen molar-refractivity contribution in [2.24, 2.45) is 11.8 Å². The molecule has 1 aliphatic carbocycles. The molecule has 0 bridgehead atoms. The summed E-state index contributed by atoms with van der Waals surface area (Å²) < 4.78 is 2.42. The van der Waals surface area contributed by atoms with Crippen LogP contribution in [0.5, 0.6) is 0 Å². The van der Waals surface area contributed by atoms with Crippen LogP contribution in [0.4, 0.5) is 0 Å². The van der Waals surface area contributed by atoms with Crippen LogP contribution in [-0.4, -0.2) is 32.6 Å². The van der Waals surface area contributed by atoms with Crippen LogP contribution < -0.4 is 5.32 Å². The van der Waals surface area contributed by atoms with Crippen LogP contribution in [0.25, 0.3) is 11.0 Å². The number of hydrogen-bond acceptors (Lipinski definition) is 4. The van der Waals surface area contributed by atoms with Gasteiger partial charge in [-0.2, -0.15) is 0 Å². The number of carbonyl (C=O) groups excluding carboxylic acids is 1. The summed E-state index contributed by atoms with van der Waals surface area (Å²) in [5.41, 5.74) is 2.43. The van der Waals surface area contributed by atoms with Gasteiger partial charge >= 0.3 is 5.97 Å². The van der Waals surface area contributed by atoms with Gasteiger partial charge in [-0.3, -0.25) is 9.59 Å². The van der Waals surface area contributed by atoms with E-state index in [-0.39, 0.29) is 18.2 Å². The van der Waals surface area contributed by atoms with Crippen molar-refractivity contribution >= 4 is 34.2 Å². The monoisotopic (exact) mass is 481 g/mol. The molecule has 4 rings (SSSR count). The number of thiophene rings is 1. The number of carbonyl (C=O) groups is 2. The van der Waals surface area contributed by atoms with Gasteiger partial charge < -0.3 is 15.0 Å². The molecule has 34 heavy (non-hydrogen) atoms. The zero-order valence-electron chi connectivity index (χ0n) is 20.3. The zero-order valence-corrected chi connectivity index (χ0v) is 21.1. The van der Waals surface area contributed by atoms with E-state index in [9.17, 15) is 14.7 Å². The Kier molecular flexibility index (Phi) is 7.71. The molecule has 2 N–H and O–H groups in total. The fourth-order valence-electron chi connectivity index (χ4n) is 5.15. The van der Waals surface area contributed by atoms with E-state index < -0.39 is 12.0 Å². The topological polar surface area (TPSA) is 84.2 Å². The van der Waals surface area contributed by atoms with E-state index in [0.29, 0.717) is 17.5 Å². The van der Waals surface area contributed by atoms with Gasteiger partial charge in [0.25, 0.3) is 5.91 Å². The molecule has 1 aromatic carbocycles. The van der Waals surface area contributed by atoms with E-state index in [2.05, 4.69) is 34.3 Å². The molecule has 1 amide bonds. The molecule has 2 aromatic heterocycles. The Bertz CT molecular complexity index is 1140. The number of hydrogen-bond donors (Lipinski definition) is 2. The van der Waals surface area contributed by atoms with Crippen LogP contribution in [0.1, 0.15) is 86.4 Å². The van der Waals surface area contributed by atoms with Gasteiger partial charge in [0.1, 0.15) is 5.82 Å². The minimum Gasteiger partial charge on any atom is -0.481 e. The Morgan fingerprint density at radius 1 is 1.26 bits per heavy atom. The molecular weight excluding hydrogens is 446 g/mol. The summed E-state index contributed by atoms with van der Waals surface area (Å²) in [6.07, 6.45) is 6.39. The van der Waals surface area contributed by atoms with Crippen molar-refractivity contribution in [2.45, 2.75) is 77.8 Å². The van der Waals surface area contributed by atoms with Gasteiger partial charge in [0.2, 0.25) is 0 Å². The predicted molar refractivity (Wildman–Crippen MR) is 136 cm³/mol. The Morgan fingerprint density at radius 2 is 2.06 bits per heavy atom. The molecule has 6 nitrogen and oxygen atoms in total. The summed E-state index contributed by atoms with van der Waals surface area (Å²) in [5, 5.41) is 14.3. The summed E-state index contributed by atoms with van der Waals surface area (Å²) in [6, 6.07) is 9.97. The first kappa shape index (κ1) is 24.5. The van der Waals surface area contributed by atoms with Crippen molar-refractivity contribution in [1.82, 2.24) is 14.9 Å². The van der Waals surface area contributed by atoms with E-state index in [1.807, 2.05) is 32.0 Å². The summed E-state index contributed by atoms with van der Waals surface area (Å²) in [7, 11) is 0. The second-order valence-corrected chi connectivity index (χ2v) is 10.8. The van der Waals surface area contributed by atoms with Crippen LogP contribution in [-0.2, 0) is 11.2 Å². The maximum Gasteiger partial charge on any atom is 0.305 e. The second-order valence-electron chi connectivity index (χ2n) is 9.75. The van der Waals surface area contributed by atoms with Gasteiger partial charge in [-0.25, -0.2) is 4.98 Å². The number of fused-ring (bicyclic) bond motifs is 1.